The van der Waals surface area contributed by atoms with Gasteiger partial charge < -0.3 is 5.32 Å². The topological polar surface area (TPSA) is 12.0 Å². The first-order valence-electron chi connectivity index (χ1n) is 4.83. The summed E-state index contributed by atoms with van der Waals surface area (Å²) in [5.41, 5.74) is 0.0869. The van der Waals surface area contributed by atoms with Gasteiger partial charge in [0.25, 0.3) is 0 Å². The molecule has 0 heterocycles. The van der Waals surface area contributed by atoms with Crippen molar-refractivity contribution in [2.45, 2.75) is 46.1 Å². The summed E-state index contributed by atoms with van der Waals surface area (Å²) in [5.74, 6) is 1.43. The zero-order chi connectivity index (χ0) is 9.61. The van der Waals surface area contributed by atoms with Crippen LogP contribution < -0.4 is 5.32 Å². The summed E-state index contributed by atoms with van der Waals surface area (Å²) < 4.78 is 0. The van der Waals surface area contributed by atoms with Crippen LogP contribution in [0, 0.1) is 5.92 Å². The Labute approximate surface area is 81.9 Å². The first-order chi connectivity index (χ1) is 5.52. The molecule has 0 aromatic heterocycles. The highest BCUT2D eigenvalue weighted by atomic mass is 35.5. The van der Waals surface area contributed by atoms with Crippen molar-refractivity contribution in [1.29, 1.82) is 0 Å². The van der Waals surface area contributed by atoms with Crippen molar-refractivity contribution in [2.75, 3.05) is 12.4 Å². The van der Waals surface area contributed by atoms with Crippen LogP contribution in [-0.4, -0.2) is 18.0 Å². The Kier molecular flexibility index (Phi) is 5.94. The summed E-state index contributed by atoms with van der Waals surface area (Å²) in [7, 11) is 0. The van der Waals surface area contributed by atoms with Crippen LogP contribution in [0.4, 0.5) is 0 Å². The lowest BCUT2D eigenvalue weighted by Crippen LogP contribution is -2.43. The van der Waals surface area contributed by atoms with Crippen LogP contribution in [0.2, 0.25) is 0 Å². The maximum atomic E-state index is 5.79. The Hall–Kier alpha value is 0.250. The van der Waals surface area contributed by atoms with Crippen molar-refractivity contribution in [3.8, 4) is 0 Å². The minimum Gasteiger partial charge on any atom is -0.310 e. The highest BCUT2D eigenvalue weighted by Gasteiger charge is 2.15. The van der Waals surface area contributed by atoms with Gasteiger partial charge in [-0.2, -0.15) is 0 Å². The van der Waals surface area contributed by atoms with Crippen molar-refractivity contribution < 1.29 is 0 Å². The molecule has 0 radical (unpaired) electrons. The fraction of sp³-hybridized carbons (Fsp3) is 1.00. The van der Waals surface area contributed by atoms with Gasteiger partial charge in [0.1, 0.15) is 0 Å². The largest absolute Gasteiger partial charge is 0.310 e. The summed E-state index contributed by atoms with van der Waals surface area (Å²) >= 11 is 5.79. The van der Waals surface area contributed by atoms with E-state index in [4.69, 9.17) is 11.6 Å². The highest BCUT2D eigenvalue weighted by molar-refractivity contribution is 6.18. The standard InChI is InChI=1S/C10H22ClN/c1-5-6-9(2)7-12-10(3,4)8-11/h9,12H,5-8H2,1-4H3. The minimum absolute atomic E-state index is 0.0869. The molecule has 2 heteroatoms. The molecule has 0 spiro atoms. The second-order valence-electron chi connectivity index (χ2n) is 4.29. The zero-order valence-electron chi connectivity index (χ0n) is 8.78. The maximum Gasteiger partial charge on any atom is 0.0400 e. The fourth-order valence-corrected chi connectivity index (χ4v) is 1.19. The Bertz CT molecular complexity index is 112. The van der Waals surface area contributed by atoms with Gasteiger partial charge in [-0.15, -0.1) is 11.6 Å². The van der Waals surface area contributed by atoms with Gasteiger partial charge in [-0.05, 0) is 32.7 Å². The molecule has 1 nitrogen and oxygen atoms in total. The lowest BCUT2D eigenvalue weighted by Gasteiger charge is -2.25. The summed E-state index contributed by atoms with van der Waals surface area (Å²) in [4.78, 5) is 0. The molecule has 1 atom stereocenters. The van der Waals surface area contributed by atoms with E-state index in [9.17, 15) is 0 Å². The number of halogens is 1. The van der Waals surface area contributed by atoms with Crippen LogP contribution in [0.25, 0.3) is 0 Å². The summed E-state index contributed by atoms with van der Waals surface area (Å²) in [6.07, 6.45) is 2.56. The molecule has 0 amide bonds. The third-order valence-electron chi connectivity index (χ3n) is 2.04. The molecule has 1 unspecified atom stereocenters. The SMILES string of the molecule is CCCC(C)CNC(C)(C)CCl. The molecule has 0 aromatic carbocycles. The van der Waals surface area contributed by atoms with Crippen LogP contribution in [0.5, 0.6) is 0 Å². The van der Waals surface area contributed by atoms with Crippen LogP contribution in [0.1, 0.15) is 40.5 Å². The van der Waals surface area contributed by atoms with Gasteiger partial charge in [-0.25, -0.2) is 0 Å². The van der Waals surface area contributed by atoms with E-state index in [0.29, 0.717) is 5.88 Å². The minimum atomic E-state index is 0.0869. The smallest absolute Gasteiger partial charge is 0.0400 e. The molecule has 1 N–H and O–H groups in total. The number of hydrogen-bond donors (Lipinski definition) is 1. The molecular formula is C10H22ClN. The normalized spacial score (nSPS) is 14.8. The van der Waals surface area contributed by atoms with E-state index < -0.39 is 0 Å². The number of rotatable bonds is 6. The van der Waals surface area contributed by atoms with Crippen molar-refractivity contribution in [3.05, 3.63) is 0 Å². The van der Waals surface area contributed by atoms with E-state index in [0.717, 1.165) is 12.5 Å². The van der Waals surface area contributed by atoms with Gasteiger partial charge in [0.2, 0.25) is 0 Å². The number of hydrogen-bond acceptors (Lipinski definition) is 1. The van der Waals surface area contributed by atoms with E-state index in [1.807, 2.05) is 0 Å². The third-order valence-corrected chi connectivity index (χ3v) is 2.71. The van der Waals surface area contributed by atoms with Gasteiger partial charge in [0.15, 0.2) is 0 Å². The average molecular weight is 192 g/mol. The van der Waals surface area contributed by atoms with E-state index in [1.165, 1.54) is 12.8 Å². The highest BCUT2D eigenvalue weighted by Crippen LogP contribution is 2.08. The molecule has 0 aliphatic rings. The molecule has 74 valence electrons. The first kappa shape index (κ1) is 12.2. The number of nitrogens with one attached hydrogen (secondary N) is 1. The lowest BCUT2D eigenvalue weighted by atomic mass is 10.0. The Morgan fingerprint density at radius 2 is 2.00 bits per heavy atom. The lowest BCUT2D eigenvalue weighted by molar-refractivity contribution is 0.374. The molecule has 0 aliphatic carbocycles. The van der Waals surface area contributed by atoms with Gasteiger partial charge >= 0.3 is 0 Å². The molecule has 0 bridgehead atoms. The molecule has 0 aliphatic heterocycles. The monoisotopic (exact) mass is 191 g/mol. The summed E-state index contributed by atoms with van der Waals surface area (Å²) in [6, 6.07) is 0. The van der Waals surface area contributed by atoms with Crippen molar-refractivity contribution in [1.82, 2.24) is 5.32 Å². The number of alkyl halides is 1. The van der Waals surface area contributed by atoms with E-state index in [-0.39, 0.29) is 5.54 Å². The third kappa shape index (κ3) is 5.84. The quantitative estimate of drug-likeness (QED) is 0.637. The fourth-order valence-electron chi connectivity index (χ4n) is 1.09. The van der Waals surface area contributed by atoms with Crippen molar-refractivity contribution in [3.63, 3.8) is 0 Å². The van der Waals surface area contributed by atoms with E-state index >= 15 is 0 Å². The molecular weight excluding hydrogens is 170 g/mol. The molecule has 12 heavy (non-hydrogen) atoms. The molecule has 0 saturated heterocycles. The molecule has 0 aromatic rings. The average Bonchev–Trinajstić information content (AvgIpc) is 2.02. The predicted molar refractivity (Wildman–Crippen MR) is 56.9 cm³/mol. The Morgan fingerprint density at radius 1 is 1.42 bits per heavy atom. The van der Waals surface area contributed by atoms with Crippen LogP contribution >= 0.6 is 11.6 Å². The second-order valence-corrected chi connectivity index (χ2v) is 4.56. The summed E-state index contributed by atoms with van der Waals surface area (Å²) in [6.45, 7) is 9.86. The van der Waals surface area contributed by atoms with Gasteiger partial charge in [0, 0.05) is 11.4 Å². The molecule has 0 fully saturated rings. The Morgan fingerprint density at radius 3 is 2.42 bits per heavy atom. The van der Waals surface area contributed by atoms with Crippen LogP contribution in [-0.2, 0) is 0 Å². The molecule has 0 saturated carbocycles. The zero-order valence-corrected chi connectivity index (χ0v) is 9.54. The van der Waals surface area contributed by atoms with Crippen molar-refractivity contribution in [2.24, 2.45) is 5.92 Å². The Balaban J connectivity index is 3.52. The van der Waals surface area contributed by atoms with Gasteiger partial charge in [-0.1, -0.05) is 20.3 Å². The maximum absolute atomic E-state index is 5.79. The van der Waals surface area contributed by atoms with Crippen LogP contribution in [0.3, 0.4) is 0 Å². The van der Waals surface area contributed by atoms with Gasteiger partial charge in [0.05, 0.1) is 0 Å². The van der Waals surface area contributed by atoms with Crippen molar-refractivity contribution >= 4 is 11.6 Å². The first-order valence-corrected chi connectivity index (χ1v) is 5.36. The van der Waals surface area contributed by atoms with Crippen LogP contribution in [0.15, 0.2) is 0 Å². The molecule has 0 rings (SSSR count). The second kappa shape index (κ2) is 5.82. The van der Waals surface area contributed by atoms with E-state index in [1.54, 1.807) is 0 Å². The summed E-state index contributed by atoms with van der Waals surface area (Å²) in [5, 5.41) is 3.46. The predicted octanol–water partition coefficient (Wildman–Crippen LogP) is 3.03. The van der Waals surface area contributed by atoms with Gasteiger partial charge in [-0.3, -0.25) is 0 Å². The van der Waals surface area contributed by atoms with E-state index in [2.05, 4.69) is 33.0 Å².